The monoisotopic (exact) mass is 234 g/mol. The van der Waals surface area contributed by atoms with Gasteiger partial charge in [0.05, 0.1) is 5.56 Å². The van der Waals surface area contributed by atoms with Crippen molar-refractivity contribution in [2.75, 3.05) is 19.6 Å². The molecule has 1 saturated heterocycles. The maximum atomic E-state index is 11.0. The molecule has 1 heterocycles. The van der Waals surface area contributed by atoms with E-state index in [0.29, 0.717) is 11.6 Å². The maximum Gasteiger partial charge on any atom is 0.335 e. The molecule has 1 aliphatic rings. The summed E-state index contributed by atoms with van der Waals surface area (Å²) in [4.78, 5) is 11.0. The van der Waals surface area contributed by atoms with Gasteiger partial charge in [0.25, 0.3) is 0 Å². The minimum Gasteiger partial charge on any atom is -0.478 e. The number of benzene rings is 1. The predicted octanol–water partition coefficient (Wildman–Crippen LogP) is 0.879. The minimum absolute atomic E-state index is 0.427. The fourth-order valence-corrected chi connectivity index (χ4v) is 2.19. The molecule has 1 aliphatic heterocycles. The molecule has 1 aromatic carbocycles. The number of rotatable bonds is 4. The fourth-order valence-electron chi connectivity index (χ4n) is 2.19. The molecule has 3 N–H and O–H groups in total. The topological polar surface area (TPSA) is 61.4 Å². The summed E-state index contributed by atoms with van der Waals surface area (Å²) in [7, 11) is 0. The van der Waals surface area contributed by atoms with Gasteiger partial charge in [-0.3, -0.25) is 0 Å². The normalized spacial score (nSPS) is 20.1. The quantitative estimate of drug-likeness (QED) is 0.723. The van der Waals surface area contributed by atoms with E-state index in [1.165, 1.54) is 0 Å². The molecule has 4 nitrogen and oxygen atoms in total. The van der Waals surface area contributed by atoms with Crippen LogP contribution in [-0.2, 0) is 6.42 Å². The molecule has 0 aliphatic carbocycles. The highest BCUT2D eigenvalue weighted by molar-refractivity contribution is 5.89. The third-order valence-electron chi connectivity index (χ3n) is 3.14. The van der Waals surface area contributed by atoms with Gasteiger partial charge in [-0.1, -0.05) is 18.2 Å². The zero-order valence-electron chi connectivity index (χ0n) is 9.78. The first-order chi connectivity index (χ1) is 8.27. The van der Waals surface area contributed by atoms with Crippen molar-refractivity contribution in [3.8, 4) is 0 Å². The lowest BCUT2D eigenvalue weighted by Gasteiger charge is -2.24. The summed E-state index contributed by atoms with van der Waals surface area (Å²) < 4.78 is 0. The van der Waals surface area contributed by atoms with Crippen LogP contribution < -0.4 is 10.6 Å². The molecule has 1 fully saturated rings. The number of carboxylic acids is 1. The Kier molecular flexibility index (Phi) is 4.12. The van der Waals surface area contributed by atoms with Crippen molar-refractivity contribution < 1.29 is 9.90 Å². The summed E-state index contributed by atoms with van der Waals surface area (Å²) >= 11 is 0. The molecule has 17 heavy (non-hydrogen) atoms. The second kappa shape index (κ2) is 5.80. The van der Waals surface area contributed by atoms with Crippen molar-refractivity contribution in [2.45, 2.75) is 18.9 Å². The molecule has 0 bridgehead atoms. The maximum absolute atomic E-state index is 11.0. The molecule has 92 valence electrons. The van der Waals surface area contributed by atoms with Gasteiger partial charge in [0, 0.05) is 25.7 Å². The van der Waals surface area contributed by atoms with Crippen LogP contribution in [0.1, 0.15) is 22.3 Å². The summed E-state index contributed by atoms with van der Waals surface area (Å²) in [6, 6.07) is 7.69. The predicted molar refractivity (Wildman–Crippen MR) is 66.4 cm³/mol. The number of hydrogen-bond acceptors (Lipinski definition) is 3. The summed E-state index contributed by atoms with van der Waals surface area (Å²) in [6.07, 6.45) is 1.78. The van der Waals surface area contributed by atoms with E-state index in [1.54, 1.807) is 12.1 Å². The van der Waals surface area contributed by atoms with Gasteiger partial charge in [-0.15, -0.1) is 0 Å². The van der Waals surface area contributed by atoms with E-state index in [9.17, 15) is 4.79 Å². The second-order valence-electron chi connectivity index (χ2n) is 4.36. The van der Waals surface area contributed by atoms with Crippen LogP contribution in [-0.4, -0.2) is 36.8 Å². The lowest BCUT2D eigenvalue weighted by Crippen LogP contribution is -2.48. The summed E-state index contributed by atoms with van der Waals surface area (Å²) in [5.41, 5.74) is 1.35. The Bertz CT molecular complexity index is 387. The van der Waals surface area contributed by atoms with Gasteiger partial charge in [0.15, 0.2) is 0 Å². The number of aromatic carboxylic acids is 1. The van der Waals surface area contributed by atoms with Crippen molar-refractivity contribution >= 4 is 5.97 Å². The minimum atomic E-state index is -0.838. The lowest BCUT2D eigenvalue weighted by atomic mass is 9.99. The highest BCUT2D eigenvalue weighted by Gasteiger charge is 2.14. The van der Waals surface area contributed by atoms with Gasteiger partial charge in [0.2, 0.25) is 0 Å². The number of nitrogens with one attached hydrogen (secondary N) is 2. The van der Waals surface area contributed by atoms with E-state index < -0.39 is 5.97 Å². The third-order valence-corrected chi connectivity index (χ3v) is 3.14. The van der Waals surface area contributed by atoms with Crippen molar-refractivity contribution in [1.29, 1.82) is 0 Å². The Morgan fingerprint density at radius 1 is 1.35 bits per heavy atom. The molecular formula is C13H18N2O2. The first kappa shape index (κ1) is 12.1. The SMILES string of the molecule is O=C(O)c1ccccc1CC[C@H]1CNCCN1. The van der Waals surface area contributed by atoms with E-state index in [4.69, 9.17) is 5.11 Å². The molecule has 1 atom stereocenters. The zero-order chi connectivity index (χ0) is 12.1. The Morgan fingerprint density at radius 2 is 2.18 bits per heavy atom. The molecule has 0 aromatic heterocycles. The smallest absolute Gasteiger partial charge is 0.335 e. The average Bonchev–Trinajstić information content (AvgIpc) is 2.38. The van der Waals surface area contributed by atoms with Crippen LogP contribution in [0.5, 0.6) is 0 Å². The Hall–Kier alpha value is -1.39. The first-order valence-electron chi connectivity index (χ1n) is 6.02. The van der Waals surface area contributed by atoms with Crippen molar-refractivity contribution in [3.63, 3.8) is 0 Å². The van der Waals surface area contributed by atoms with Crippen LogP contribution >= 0.6 is 0 Å². The van der Waals surface area contributed by atoms with Crippen LogP contribution in [0.2, 0.25) is 0 Å². The van der Waals surface area contributed by atoms with Crippen LogP contribution in [0, 0.1) is 0 Å². The van der Waals surface area contributed by atoms with Crippen LogP contribution in [0.25, 0.3) is 0 Å². The van der Waals surface area contributed by atoms with Crippen LogP contribution in [0.15, 0.2) is 24.3 Å². The molecule has 0 unspecified atom stereocenters. The second-order valence-corrected chi connectivity index (χ2v) is 4.36. The summed E-state index contributed by atoms with van der Waals surface area (Å²) in [6.45, 7) is 2.97. The largest absolute Gasteiger partial charge is 0.478 e. The molecule has 0 spiro atoms. The average molecular weight is 234 g/mol. The van der Waals surface area contributed by atoms with Crippen LogP contribution in [0.4, 0.5) is 0 Å². The third kappa shape index (κ3) is 3.28. The van der Waals surface area contributed by atoms with Gasteiger partial charge in [-0.2, -0.15) is 0 Å². The Balaban J connectivity index is 1.96. The number of carbonyl (C=O) groups is 1. The molecule has 2 rings (SSSR count). The van der Waals surface area contributed by atoms with Crippen molar-refractivity contribution in [2.24, 2.45) is 0 Å². The summed E-state index contributed by atoms with van der Waals surface area (Å²) in [5.74, 6) is -0.838. The van der Waals surface area contributed by atoms with Crippen molar-refractivity contribution in [1.82, 2.24) is 10.6 Å². The van der Waals surface area contributed by atoms with E-state index in [0.717, 1.165) is 38.0 Å². The van der Waals surface area contributed by atoms with E-state index >= 15 is 0 Å². The molecule has 4 heteroatoms. The van der Waals surface area contributed by atoms with E-state index in [-0.39, 0.29) is 0 Å². The molecule has 0 saturated carbocycles. The van der Waals surface area contributed by atoms with E-state index in [2.05, 4.69) is 10.6 Å². The van der Waals surface area contributed by atoms with Crippen molar-refractivity contribution in [3.05, 3.63) is 35.4 Å². The fraction of sp³-hybridized carbons (Fsp3) is 0.462. The molecule has 0 amide bonds. The Morgan fingerprint density at radius 3 is 2.88 bits per heavy atom. The number of hydrogen-bond donors (Lipinski definition) is 3. The van der Waals surface area contributed by atoms with E-state index in [1.807, 2.05) is 12.1 Å². The Labute approximate surface area is 101 Å². The summed E-state index contributed by atoms with van der Waals surface area (Å²) in [5, 5.41) is 15.8. The van der Waals surface area contributed by atoms with Gasteiger partial charge in [-0.25, -0.2) is 4.79 Å². The zero-order valence-corrected chi connectivity index (χ0v) is 9.78. The number of piperazine rings is 1. The highest BCUT2D eigenvalue weighted by atomic mass is 16.4. The van der Waals surface area contributed by atoms with Gasteiger partial charge in [0.1, 0.15) is 0 Å². The molecular weight excluding hydrogens is 216 g/mol. The number of aryl methyl sites for hydroxylation is 1. The standard InChI is InChI=1S/C13H18N2O2/c16-13(17)12-4-2-1-3-10(12)5-6-11-9-14-7-8-15-11/h1-4,11,14-15H,5-9H2,(H,16,17)/t11-/m0/s1. The molecule has 1 aromatic rings. The van der Waals surface area contributed by atoms with Crippen LogP contribution in [0.3, 0.4) is 0 Å². The first-order valence-corrected chi connectivity index (χ1v) is 6.02. The molecule has 0 radical (unpaired) electrons. The lowest BCUT2D eigenvalue weighted by molar-refractivity contribution is 0.0695. The van der Waals surface area contributed by atoms with Gasteiger partial charge >= 0.3 is 5.97 Å². The highest BCUT2D eigenvalue weighted by Crippen LogP contribution is 2.12. The van der Waals surface area contributed by atoms with Gasteiger partial charge in [-0.05, 0) is 24.5 Å². The van der Waals surface area contributed by atoms with Gasteiger partial charge < -0.3 is 15.7 Å². The number of carboxylic acid groups (broad SMARTS) is 1.